The summed E-state index contributed by atoms with van der Waals surface area (Å²) in [5.41, 5.74) is 2.98. The van der Waals surface area contributed by atoms with E-state index in [-0.39, 0.29) is 17.5 Å². The zero-order valence-corrected chi connectivity index (χ0v) is 17.3. The molecule has 0 saturated heterocycles. The first-order valence-electron chi connectivity index (χ1n) is 9.09. The summed E-state index contributed by atoms with van der Waals surface area (Å²) in [4.78, 5) is 12.6. The molecule has 0 atom stereocenters. The maximum Gasteiger partial charge on any atom is 0.235 e. The van der Waals surface area contributed by atoms with Gasteiger partial charge in [-0.2, -0.15) is 5.26 Å². The number of carbonyl (C=O) groups is 1. The molecule has 0 aliphatic carbocycles. The van der Waals surface area contributed by atoms with Crippen LogP contribution < -0.4 is 5.32 Å². The summed E-state index contributed by atoms with van der Waals surface area (Å²) in [6, 6.07) is 8.35. The third-order valence-corrected chi connectivity index (χ3v) is 5.69. The van der Waals surface area contributed by atoms with Crippen molar-refractivity contribution in [3.8, 4) is 6.07 Å². The highest BCUT2D eigenvalue weighted by Gasteiger charge is 2.20. The number of nitriles is 1. The fraction of sp³-hybridized carbons (Fsp3) is 0.300. The fourth-order valence-corrected chi connectivity index (χ4v) is 3.75. The predicted octanol–water partition coefficient (Wildman–Crippen LogP) is 3.51. The molecule has 2 aromatic heterocycles. The molecular weight excluding hydrogens is 391 g/mol. The van der Waals surface area contributed by atoms with Crippen LogP contribution in [0.25, 0.3) is 0 Å². The Bertz CT molecular complexity index is 1060. The third-order valence-electron chi connectivity index (χ3n) is 4.71. The number of halogens is 1. The zero-order valence-electron chi connectivity index (χ0n) is 16.4. The monoisotopic (exact) mass is 412 g/mol. The fourth-order valence-electron chi connectivity index (χ4n) is 2.97. The van der Waals surface area contributed by atoms with Crippen molar-refractivity contribution in [1.82, 2.24) is 19.3 Å². The number of rotatable bonds is 7. The lowest BCUT2D eigenvalue weighted by atomic mass is 10.2. The van der Waals surface area contributed by atoms with E-state index in [9.17, 15) is 14.4 Å². The highest BCUT2D eigenvalue weighted by Crippen LogP contribution is 2.28. The van der Waals surface area contributed by atoms with Gasteiger partial charge in [0, 0.05) is 18.8 Å². The average molecular weight is 412 g/mol. The highest BCUT2D eigenvalue weighted by atomic mass is 32.2. The van der Waals surface area contributed by atoms with Gasteiger partial charge < -0.3 is 14.5 Å². The summed E-state index contributed by atoms with van der Waals surface area (Å²) in [6.45, 7) is 6.85. The van der Waals surface area contributed by atoms with E-state index < -0.39 is 0 Å². The SMILES string of the molecule is CCn1cnnc1SCC(=O)Nc1c(C#N)c(C)c(C)n1Cc1ccc(F)cc1. The van der Waals surface area contributed by atoms with Gasteiger partial charge in [0.1, 0.15) is 24.0 Å². The van der Waals surface area contributed by atoms with E-state index >= 15 is 0 Å². The number of hydrogen-bond acceptors (Lipinski definition) is 5. The molecule has 0 bridgehead atoms. The van der Waals surface area contributed by atoms with Gasteiger partial charge in [-0.15, -0.1) is 10.2 Å². The molecule has 0 fully saturated rings. The lowest BCUT2D eigenvalue weighted by Crippen LogP contribution is -2.19. The molecule has 3 aromatic rings. The van der Waals surface area contributed by atoms with E-state index in [0.717, 1.165) is 16.8 Å². The van der Waals surface area contributed by atoms with Crippen LogP contribution in [-0.2, 0) is 17.9 Å². The number of nitrogens with one attached hydrogen (secondary N) is 1. The van der Waals surface area contributed by atoms with Gasteiger partial charge in [-0.25, -0.2) is 4.39 Å². The van der Waals surface area contributed by atoms with Crippen molar-refractivity contribution < 1.29 is 9.18 Å². The average Bonchev–Trinajstić information content (AvgIpc) is 3.26. The quantitative estimate of drug-likeness (QED) is 0.600. The molecule has 1 N–H and O–H groups in total. The van der Waals surface area contributed by atoms with Gasteiger partial charge >= 0.3 is 0 Å². The number of nitrogens with zero attached hydrogens (tertiary/aromatic N) is 5. The predicted molar refractivity (Wildman–Crippen MR) is 109 cm³/mol. The molecule has 150 valence electrons. The van der Waals surface area contributed by atoms with Crippen molar-refractivity contribution in [1.29, 1.82) is 5.26 Å². The summed E-state index contributed by atoms with van der Waals surface area (Å²) in [5, 5.41) is 21.0. The summed E-state index contributed by atoms with van der Waals surface area (Å²) in [5.74, 6) is 0.0466. The molecule has 0 aliphatic heterocycles. The molecule has 1 aromatic carbocycles. The molecule has 3 rings (SSSR count). The molecule has 29 heavy (non-hydrogen) atoms. The number of thioether (sulfide) groups is 1. The van der Waals surface area contributed by atoms with Gasteiger partial charge in [-0.05, 0) is 44.0 Å². The summed E-state index contributed by atoms with van der Waals surface area (Å²) in [6.07, 6.45) is 1.62. The Labute approximate surface area is 172 Å². The Kier molecular flexibility index (Phi) is 6.34. The van der Waals surface area contributed by atoms with Crippen LogP contribution in [0.5, 0.6) is 0 Å². The Morgan fingerprint density at radius 3 is 2.69 bits per heavy atom. The van der Waals surface area contributed by atoms with Gasteiger partial charge in [0.05, 0.1) is 11.3 Å². The van der Waals surface area contributed by atoms with E-state index in [0.29, 0.717) is 29.6 Å². The second-order valence-corrected chi connectivity index (χ2v) is 7.44. The van der Waals surface area contributed by atoms with Gasteiger partial charge in [-0.3, -0.25) is 4.79 Å². The van der Waals surface area contributed by atoms with Gasteiger partial charge in [0.25, 0.3) is 0 Å². The second-order valence-electron chi connectivity index (χ2n) is 6.49. The first-order chi connectivity index (χ1) is 13.9. The number of benzene rings is 1. The molecule has 2 heterocycles. The van der Waals surface area contributed by atoms with Crippen molar-refractivity contribution in [2.45, 2.75) is 39.0 Å². The normalized spacial score (nSPS) is 10.7. The van der Waals surface area contributed by atoms with Crippen molar-refractivity contribution in [2.24, 2.45) is 0 Å². The minimum absolute atomic E-state index is 0.142. The molecule has 0 saturated carbocycles. The minimum Gasteiger partial charge on any atom is -0.326 e. The number of hydrogen-bond donors (Lipinski definition) is 1. The summed E-state index contributed by atoms with van der Waals surface area (Å²) < 4.78 is 16.9. The van der Waals surface area contributed by atoms with Crippen LogP contribution in [-0.4, -0.2) is 31.0 Å². The molecule has 0 unspecified atom stereocenters. The Morgan fingerprint density at radius 1 is 1.31 bits per heavy atom. The van der Waals surface area contributed by atoms with E-state index in [1.807, 2.05) is 29.9 Å². The smallest absolute Gasteiger partial charge is 0.235 e. The summed E-state index contributed by atoms with van der Waals surface area (Å²) >= 11 is 1.29. The maximum absolute atomic E-state index is 13.2. The van der Waals surface area contributed by atoms with Crippen LogP contribution >= 0.6 is 11.8 Å². The number of anilines is 1. The molecule has 9 heteroatoms. The standard InChI is InChI=1S/C20H21FN6OS/c1-4-26-12-23-25-20(26)29-11-18(28)24-19-17(9-22)13(2)14(3)27(19)10-15-5-7-16(21)8-6-15/h5-8,12H,4,10-11H2,1-3H3,(H,24,28). The first kappa shape index (κ1) is 20.6. The topological polar surface area (TPSA) is 88.5 Å². The van der Waals surface area contributed by atoms with Crippen LogP contribution in [0, 0.1) is 31.0 Å². The van der Waals surface area contributed by atoms with Gasteiger partial charge in [-0.1, -0.05) is 23.9 Å². The van der Waals surface area contributed by atoms with E-state index in [4.69, 9.17) is 0 Å². The Hall–Kier alpha value is -3.12. The Morgan fingerprint density at radius 2 is 2.03 bits per heavy atom. The summed E-state index contributed by atoms with van der Waals surface area (Å²) in [7, 11) is 0. The van der Waals surface area contributed by atoms with Gasteiger partial charge in [0.15, 0.2) is 5.16 Å². The van der Waals surface area contributed by atoms with Crippen LogP contribution in [0.1, 0.15) is 29.3 Å². The molecule has 0 aliphatic rings. The number of amides is 1. The number of aryl methyl sites for hydroxylation is 1. The minimum atomic E-state index is -0.308. The van der Waals surface area contributed by atoms with E-state index in [2.05, 4.69) is 21.6 Å². The lowest BCUT2D eigenvalue weighted by molar-refractivity contribution is -0.113. The van der Waals surface area contributed by atoms with Crippen molar-refractivity contribution >= 4 is 23.5 Å². The largest absolute Gasteiger partial charge is 0.326 e. The van der Waals surface area contributed by atoms with Crippen LogP contribution in [0.2, 0.25) is 0 Å². The van der Waals surface area contributed by atoms with Crippen LogP contribution in [0.4, 0.5) is 10.2 Å². The van der Waals surface area contributed by atoms with Crippen molar-refractivity contribution in [2.75, 3.05) is 11.1 Å². The zero-order chi connectivity index (χ0) is 21.0. The van der Waals surface area contributed by atoms with E-state index in [1.54, 1.807) is 18.5 Å². The number of carbonyl (C=O) groups excluding carboxylic acids is 1. The van der Waals surface area contributed by atoms with E-state index in [1.165, 1.54) is 23.9 Å². The lowest BCUT2D eigenvalue weighted by Gasteiger charge is -2.13. The third kappa shape index (κ3) is 4.49. The molecule has 1 amide bonds. The highest BCUT2D eigenvalue weighted by molar-refractivity contribution is 7.99. The van der Waals surface area contributed by atoms with Crippen LogP contribution in [0.3, 0.4) is 0 Å². The molecule has 0 spiro atoms. The van der Waals surface area contributed by atoms with Gasteiger partial charge in [0.2, 0.25) is 5.91 Å². The molecular formula is C20H21FN6OS. The second kappa shape index (κ2) is 8.92. The van der Waals surface area contributed by atoms with Crippen molar-refractivity contribution in [3.63, 3.8) is 0 Å². The Balaban J connectivity index is 1.81. The number of aromatic nitrogens is 4. The molecule has 0 radical (unpaired) electrons. The van der Waals surface area contributed by atoms with Crippen molar-refractivity contribution in [3.05, 3.63) is 58.8 Å². The maximum atomic E-state index is 13.2. The first-order valence-corrected chi connectivity index (χ1v) is 10.1. The van der Waals surface area contributed by atoms with Crippen LogP contribution in [0.15, 0.2) is 35.7 Å². The molecule has 7 nitrogen and oxygen atoms in total.